The number of aliphatic carboxylic acids is 2. The van der Waals surface area contributed by atoms with Crippen molar-refractivity contribution in [3.63, 3.8) is 0 Å². The molecule has 0 saturated heterocycles. The summed E-state index contributed by atoms with van der Waals surface area (Å²) in [6.07, 6.45) is 6.95. The zero-order valence-electron chi connectivity index (χ0n) is 25.0. The average Bonchev–Trinajstić information content (AvgIpc) is 3.60. The van der Waals surface area contributed by atoms with Crippen LogP contribution < -0.4 is 9.80 Å². The molecule has 9 heteroatoms. The molecule has 0 radical (unpaired) electrons. The van der Waals surface area contributed by atoms with Gasteiger partial charge in [-0.3, -0.25) is 14.6 Å². The molecule has 4 atom stereocenters. The fraction of sp³-hybridized carbons (Fsp3) is 0.529. The molecule has 2 N–H and O–H groups in total. The summed E-state index contributed by atoms with van der Waals surface area (Å²) in [5.74, 6) is -2.09. The maximum Gasteiger partial charge on any atom is 0.415 e. The molecule has 43 heavy (non-hydrogen) atoms. The van der Waals surface area contributed by atoms with Crippen LogP contribution in [0.2, 0.25) is 0 Å². The van der Waals surface area contributed by atoms with Gasteiger partial charge >= 0.3 is 18.0 Å². The Morgan fingerprint density at radius 2 is 1.49 bits per heavy atom. The lowest BCUT2D eigenvalue weighted by molar-refractivity contribution is -0.140. The van der Waals surface area contributed by atoms with Crippen LogP contribution in [0.1, 0.15) is 87.8 Å². The van der Waals surface area contributed by atoms with Crippen molar-refractivity contribution in [1.82, 2.24) is 0 Å². The van der Waals surface area contributed by atoms with Gasteiger partial charge in [0, 0.05) is 24.4 Å². The second kappa shape index (κ2) is 13.2. The summed E-state index contributed by atoms with van der Waals surface area (Å²) in [5.41, 5.74) is 4.02. The Kier molecular flexibility index (Phi) is 9.37. The number of amides is 2. The van der Waals surface area contributed by atoms with Gasteiger partial charge in [0.05, 0.1) is 12.3 Å². The molecule has 0 spiro atoms. The molecule has 2 aromatic carbocycles. The summed E-state index contributed by atoms with van der Waals surface area (Å²) in [6, 6.07) is 11.3. The SMILES string of the molecule is CCC(COC(=O)N1c2ccccc2CC1C(=O)O)CC(CC)c1ccc2c(c1)N(C(=O)C1CCCCC1)C(C(=O)O)C2. The Labute approximate surface area is 252 Å². The minimum absolute atomic E-state index is 0.0371. The van der Waals surface area contributed by atoms with Gasteiger partial charge in [-0.05, 0) is 66.3 Å². The number of para-hydroxylation sites is 1. The largest absolute Gasteiger partial charge is 0.480 e. The smallest absolute Gasteiger partial charge is 0.415 e. The zero-order valence-corrected chi connectivity index (χ0v) is 25.0. The molecule has 2 aromatic rings. The molecule has 1 aliphatic carbocycles. The maximum atomic E-state index is 13.6. The average molecular weight is 591 g/mol. The van der Waals surface area contributed by atoms with Gasteiger partial charge in [0.25, 0.3) is 0 Å². The minimum atomic E-state index is -1.07. The van der Waals surface area contributed by atoms with E-state index in [-0.39, 0.29) is 36.7 Å². The van der Waals surface area contributed by atoms with Crippen LogP contribution in [0.3, 0.4) is 0 Å². The maximum absolute atomic E-state index is 13.6. The monoisotopic (exact) mass is 590 g/mol. The number of rotatable bonds is 10. The third-order valence-corrected chi connectivity index (χ3v) is 9.63. The van der Waals surface area contributed by atoms with Gasteiger partial charge in [-0.1, -0.05) is 69.9 Å². The third-order valence-electron chi connectivity index (χ3n) is 9.63. The second-order valence-electron chi connectivity index (χ2n) is 12.2. The number of nitrogens with zero attached hydrogens (tertiary/aromatic N) is 2. The van der Waals surface area contributed by atoms with E-state index in [9.17, 15) is 29.4 Å². The van der Waals surface area contributed by atoms with E-state index in [0.717, 1.165) is 68.1 Å². The number of hydrogen-bond acceptors (Lipinski definition) is 5. The highest BCUT2D eigenvalue weighted by atomic mass is 16.6. The molecule has 0 bridgehead atoms. The second-order valence-corrected chi connectivity index (χ2v) is 12.2. The molecule has 1 fully saturated rings. The molecule has 9 nitrogen and oxygen atoms in total. The van der Waals surface area contributed by atoms with E-state index in [0.29, 0.717) is 17.8 Å². The van der Waals surface area contributed by atoms with Crippen LogP contribution in [0.5, 0.6) is 0 Å². The summed E-state index contributed by atoms with van der Waals surface area (Å²) >= 11 is 0. The Bertz CT molecular complexity index is 1370. The molecule has 5 rings (SSSR count). The van der Waals surface area contributed by atoms with E-state index in [1.165, 1.54) is 4.90 Å². The summed E-state index contributed by atoms with van der Waals surface area (Å²) in [4.78, 5) is 53.7. The number of hydrogen-bond donors (Lipinski definition) is 2. The van der Waals surface area contributed by atoms with E-state index in [1.807, 2.05) is 37.3 Å². The van der Waals surface area contributed by atoms with Gasteiger partial charge in [0.1, 0.15) is 12.1 Å². The summed E-state index contributed by atoms with van der Waals surface area (Å²) in [7, 11) is 0. The first-order chi connectivity index (χ1) is 20.7. The van der Waals surface area contributed by atoms with Crippen molar-refractivity contribution in [2.45, 2.75) is 96.1 Å². The lowest BCUT2D eigenvalue weighted by atomic mass is 9.85. The quantitative estimate of drug-likeness (QED) is 0.339. The van der Waals surface area contributed by atoms with Gasteiger partial charge in [0.15, 0.2) is 0 Å². The van der Waals surface area contributed by atoms with Crippen LogP contribution in [0.4, 0.5) is 16.2 Å². The lowest BCUT2D eigenvalue weighted by Crippen LogP contribution is -2.46. The number of carbonyl (C=O) groups is 4. The Morgan fingerprint density at radius 1 is 0.837 bits per heavy atom. The molecule has 2 amide bonds. The number of ether oxygens (including phenoxy) is 1. The standard InChI is InChI=1S/C34H42N2O7/c1-3-21(20-43-34(42)36-27-13-9-8-12-25(27)18-30(36)33(40)41)16-22(4-2)24-14-15-26-19-29(32(38)39)35(28(26)17-24)31(37)23-10-6-5-7-11-23/h8-9,12-15,17,21-23,29-30H,3-7,10-11,16,18-20H2,1-2H3,(H,38,39)(H,40,41). The normalized spacial score (nSPS) is 21.2. The molecule has 1 saturated carbocycles. The summed E-state index contributed by atoms with van der Waals surface area (Å²) in [5, 5.41) is 19.7. The van der Waals surface area contributed by atoms with Crippen LogP contribution in [0.15, 0.2) is 42.5 Å². The number of carbonyl (C=O) groups excluding carboxylic acids is 2. The van der Waals surface area contributed by atoms with Gasteiger partial charge in [-0.25, -0.2) is 14.4 Å². The topological polar surface area (TPSA) is 124 Å². The van der Waals surface area contributed by atoms with E-state index in [4.69, 9.17) is 4.74 Å². The predicted molar refractivity (Wildman–Crippen MR) is 162 cm³/mol. The van der Waals surface area contributed by atoms with Crippen molar-refractivity contribution >= 4 is 35.3 Å². The van der Waals surface area contributed by atoms with Crippen molar-refractivity contribution in [1.29, 1.82) is 0 Å². The highest BCUT2D eigenvalue weighted by Crippen LogP contribution is 2.40. The number of anilines is 2. The van der Waals surface area contributed by atoms with E-state index in [2.05, 4.69) is 6.92 Å². The number of carboxylic acids is 2. The minimum Gasteiger partial charge on any atom is -0.480 e. The van der Waals surface area contributed by atoms with E-state index < -0.39 is 30.1 Å². The first-order valence-electron chi connectivity index (χ1n) is 15.7. The Hall–Kier alpha value is -3.88. The lowest BCUT2D eigenvalue weighted by Gasteiger charge is -2.30. The molecule has 2 aliphatic heterocycles. The predicted octanol–water partition coefficient (Wildman–Crippen LogP) is 6.17. The number of carboxylic acid groups (broad SMARTS) is 2. The highest BCUT2D eigenvalue weighted by Gasteiger charge is 2.42. The molecule has 4 unspecified atom stereocenters. The van der Waals surface area contributed by atoms with Crippen LogP contribution in [0.25, 0.3) is 0 Å². The van der Waals surface area contributed by atoms with Crippen molar-refractivity contribution in [2.24, 2.45) is 11.8 Å². The van der Waals surface area contributed by atoms with Crippen LogP contribution in [-0.4, -0.2) is 52.8 Å². The van der Waals surface area contributed by atoms with Gasteiger partial charge in [0.2, 0.25) is 5.91 Å². The highest BCUT2D eigenvalue weighted by molar-refractivity contribution is 6.03. The number of benzene rings is 2. The summed E-state index contributed by atoms with van der Waals surface area (Å²) < 4.78 is 5.73. The fourth-order valence-electron chi connectivity index (χ4n) is 7.08. The van der Waals surface area contributed by atoms with Crippen molar-refractivity contribution in [3.8, 4) is 0 Å². The molecule has 230 valence electrons. The van der Waals surface area contributed by atoms with Crippen LogP contribution >= 0.6 is 0 Å². The molecule has 0 aromatic heterocycles. The van der Waals surface area contributed by atoms with Crippen molar-refractivity contribution in [3.05, 3.63) is 59.2 Å². The van der Waals surface area contributed by atoms with Gasteiger partial charge in [-0.15, -0.1) is 0 Å². The molecule has 3 aliphatic rings. The van der Waals surface area contributed by atoms with Crippen LogP contribution in [0, 0.1) is 11.8 Å². The summed E-state index contributed by atoms with van der Waals surface area (Å²) in [6.45, 7) is 4.30. The Balaban J connectivity index is 1.30. The zero-order chi connectivity index (χ0) is 30.7. The van der Waals surface area contributed by atoms with E-state index in [1.54, 1.807) is 17.0 Å². The van der Waals surface area contributed by atoms with Gasteiger partial charge < -0.3 is 14.9 Å². The third kappa shape index (κ3) is 6.26. The molecule has 2 heterocycles. The van der Waals surface area contributed by atoms with Crippen molar-refractivity contribution < 1.29 is 34.1 Å². The molecular weight excluding hydrogens is 548 g/mol. The van der Waals surface area contributed by atoms with E-state index >= 15 is 0 Å². The first-order valence-corrected chi connectivity index (χ1v) is 15.7. The molecular formula is C34H42N2O7. The fourth-order valence-corrected chi connectivity index (χ4v) is 7.08. The Morgan fingerprint density at radius 3 is 2.14 bits per heavy atom. The van der Waals surface area contributed by atoms with Crippen molar-refractivity contribution in [2.75, 3.05) is 16.4 Å². The first kappa shape index (κ1) is 30.6. The van der Waals surface area contributed by atoms with Gasteiger partial charge in [-0.2, -0.15) is 0 Å². The van der Waals surface area contributed by atoms with Crippen LogP contribution in [-0.2, 0) is 32.0 Å². The number of fused-ring (bicyclic) bond motifs is 2.